The lowest BCUT2D eigenvalue weighted by Gasteiger charge is -2.17. The first-order valence-electron chi connectivity index (χ1n) is 9.23. The minimum absolute atomic E-state index is 0.108. The molecule has 0 aromatic carbocycles. The Balaban J connectivity index is 3.66. The molecule has 1 unspecified atom stereocenters. The maximum absolute atomic E-state index is 11.2. The van der Waals surface area contributed by atoms with Crippen LogP contribution < -0.4 is 0 Å². The van der Waals surface area contributed by atoms with E-state index in [0.717, 1.165) is 38.5 Å². The normalized spacial score (nSPS) is 12.1. The van der Waals surface area contributed by atoms with Gasteiger partial charge in [0.2, 0.25) is 0 Å². The maximum atomic E-state index is 11.2. The second-order valence-electron chi connectivity index (χ2n) is 6.44. The van der Waals surface area contributed by atoms with E-state index in [1.807, 2.05) is 0 Å². The summed E-state index contributed by atoms with van der Waals surface area (Å²) in [5, 5.41) is 0. The van der Waals surface area contributed by atoms with E-state index in [9.17, 15) is 9.59 Å². The van der Waals surface area contributed by atoms with Crippen molar-refractivity contribution in [3.63, 3.8) is 0 Å². The molecule has 0 rings (SSSR count). The average Bonchev–Trinajstić information content (AvgIpc) is 2.44. The van der Waals surface area contributed by atoms with E-state index in [2.05, 4.69) is 6.92 Å². The number of esters is 1. The van der Waals surface area contributed by atoms with E-state index >= 15 is 0 Å². The van der Waals surface area contributed by atoms with Gasteiger partial charge in [-0.2, -0.15) is 0 Å². The zero-order valence-electron chi connectivity index (χ0n) is 15.0. The molecule has 22 heavy (non-hydrogen) atoms. The van der Waals surface area contributed by atoms with Crippen molar-refractivity contribution in [3.8, 4) is 0 Å². The van der Waals surface area contributed by atoms with Crippen molar-refractivity contribution in [2.75, 3.05) is 0 Å². The number of carbonyl (C=O) groups excluding carboxylic acids is 2. The molecule has 0 aliphatic rings. The Kier molecular flexibility index (Phi) is 14.5. The molecule has 0 aromatic heterocycles. The van der Waals surface area contributed by atoms with Gasteiger partial charge in [0.25, 0.3) is 0 Å². The van der Waals surface area contributed by atoms with E-state index in [-0.39, 0.29) is 17.9 Å². The maximum Gasteiger partial charge on any atom is 0.302 e. The zero-order valence-corrected chi connectivity index (χ0v) is 15.0. The smallest absolute Gasteiger partial charge is 0.302 e. The summed E-state index contributed by atoms with van der Waals surface area (Å²) in [6.45, 7) is 5.38. The van der Waals surface area contributed by atoms with Gasteiger partial charge in [-0.05, 0) is 39.0 Å². The van der Waals surface area contributed by atoms with Crippen molar-refractivity contribution >= 4 is 11.8 Å². The van der Waals surface area contributed by atoms with Crippen LogP contribution in [-0.4, -0.2) is 17.9 Å². The summed E-state index contributed by atoms with van der Waals surface area (Å²) >= 11 is 0. The van der Waals surface area contributed by atoms with Crippen molar-refractivity contribution in [1.29, 1.82) is 0 Å². The average molecular weight is 312 g/mol. The fraction of sp³-hybridized carbons (Fsp3) is 0.895. The molecule has 3 nitrogen and oxygen atoms in total. The number of carbonyl (C=O) groups is 2. The van der Waals surface area contributed by atoms with Crippen molar-refractivity contribution in [2.45, 2.75) is 110 Å². The molecule has 0 radical (unpaired) electrons. The summed E-state index contributed by atoms with van der Waals surface area (Å²) < 4.78 is 5.43. The summed E-state index contributed by atoms with van der Waals surface area (Å²) in [6, 6.07) is 0. The molecule has 0 saturated heterocycles. The van der Waals surface area contributed by atoms with Gasteiger partial charge >= 0.3 is 5.97 Å². The number of unbranched alkanes of at least 4 members (excludes halogenated alkanes) is 8. The third-order valence-electron chi connectivity index (χ3n) is 4.02. The summed E-state index contributed by atoms with van der Waals surface area (Å²) in [6.07, 6.45) is 14.7. The molecule has 0 fully saturated rings. The molecule has 0 aliphatic carbocycles. The van der Waals surface area contributed by atoms with Gasteiger partial charge in [0.15, 0.2) is 0 Å². The number of ketones is 1. The Bertz CT molecular complexity index is 286. The molecule has 0 spiro atoms. The molecule has 0 saturated carbocycles. The van der Waals surface area contributed by atoms with Crippen LogP contribution >= 0.6 is 0 Å². The van der Waals surface area contributed by atoms with E-state index in [4.69, 9.17) is 4.74 Å². The first kappa shape index (κ1) is 21.1. The second kappa shape index (κ2) is 15.1. The molecule has 0 bridgehead atoms. The lowest BCUT2D eigenvalue weighted by molar-refractivity contribution is -0.147. The van der Waals surface area contributed by atoms with Crippen molar-refractivity contribution in [3.05, 3.63) is 0 Å². The van der Waals surface area contributed by atoms with Crippen LogP contribution in [0.5, 0.6) is 0 Å². The molecular formula is C19H36O3. The first-order valence-corrected chi connectivity index (χ1v) is 9.23. The van der Waals surface area contributed by atoms with Gasteiger partial charge in [-0.25, -0.2) is 0 Å². The third kappa shape index (κ3) is 15.5. The minimum Gasteiger partial charge on any atom is -0.463 e. The predicted octanol–water partition coefficient (Wildman–Crippen LogP) is 5.60. The van der Waals surface area contributed by atoms with Crippen molar-refractivity contribution in [1.82, 2.24) is 0 Å². The van der Waals surface area contributed by atoms with Crippen LogP contribution in [0, 0.1) is 0 Å². The lowest BCUT2D eigenvalue weighted by atomic mass is 10.0. The van der Waals surface area contributed by atoms with E-state index in [1.165, 1.54) is 45.4 Å². The highest BCUT2D eigenvalue weighted by molar-refractivity contribution is 5.75. The largest absolute Gasteiger partial charge is 0.463 e. The van der Waals surface area contributed by atoms with Crippen molar-refractivity contribution < 1.29 is 14.3 Å². The number of ether oxygens (including phenoxy) is 1. The first-order chi connectivity index (χ1) is 10.6. The van der Waals surface area contributed by atoms with Crippen LogP contribution in [0.2, 0.25) is 0 Å². The summed E-state index contributed by atoms with van der Waals surface area (Å²) in [5.41, 5.74) is 0. The van der Waals surface area contributed by atoms with Crippen LogP contribution in [0.25, 0.3) is 0 Å². The van der Waals surface area contributed by atoms with Gasteiger partial charge in [-0.15, -0.1) is 0 Å². The predicted molar refractivity (Wildman–Crippen MR) is 91.9 cm³/mol. The molecule has 0 N–H and O–H groups in total. The molecule has 0 amide bonds. The zero-order chi connectivity index (χ0) is 16.6. The number of Topliss-reactive ketones (excluding diaryl/α,β-unsaturated/α-hetero) is 1. The monoisotopic (exact) mass is 312 g/mol. The quantitative estimate of drug-likeness (QED) is 0.292. The van der Waals surface area contributed by atoms with Gasteiger partial charge in [-0.1, -0.05) is 51.9 Å². The van der Waals surface area contributed by atoms with Crippen LogP contribution in [-0.2, 0) is 14.3 Å². The van der Waals surface area contributed by atoms with Crippen LogP contribution in [0.4, 0.5) is 0 Å². The third-order valence-corrected chi connectivity index (χ3v) is 4.02. The molecule has 0 aliphatic heterocycles. The summed E-state index contributed by atoms with van der Waals surface area (Å²) in [7, 11) is 0. The van der Waals surface area contributed by atoms with Crippen LogP contribution in [0.1, 0.15) is 104 Å². The highest BCUT2D eigenvalue weighted by Gasteiger charge is 2.11. The van der Waals surface area contributed by atoms with Gasteiger partial charge in [0.05, 0.1) is 0 Å². The van der Waals surface area contributed by atoms with Gasteiger partial charge in [0, 0.05) is 13.3 Å². The Labute approximate surface area is 137 Å². The molecule has 0 aromatic rings. The highest BCUT2D eigenvalue weighted by Crippen LogP contribution is 2.16. The topological polar surface area (TPSA) is 43.4 Å². The standard InChI is InChI=1S/C19H36O3/c1-4-5-6-8-12-15-19(22-18(3)21)16-13-10-7-9-11-14-17(2)20/h19H,4-16H2,1-3H3. The van der Waals surface area contributed by atoms with Crippen LogP contribution in [0.15, 0.2) is 0 Å². The molecule has 0 heterocycles. The molecular weight excluding hydrogens is 276 g/mol. The van der Waals surface area contributed by atoms with E-state index in [0.29, 0.717) is 6.42 Å². The van der Waals surface area contributed by atoms with Crippen LogP contribution in [0.3, 0.4) is 0 Å². The number of hydrogen-bond acceptors (Lipinski definition) is 3. The Hall–Kier alpha value is -0.860. The molecule has 130 valence electrons. The Morgan fingerprint density at radius 3 is 1.77 bits per heavy atom. The lowest BCUT2D eigenvalue weighted by Crippen LogP contribution is -2.16. The minimum atomic E-state index is -0.153. The summed E-state index contributed by atoms with van der Waals surface area (Å²) in [5.74, 6) is 0.137. The highest BCUT2D eigenvalue weighted by atomic mass is 16.5. The van der Waals surface area contributed by atoms with Gasteiger partial charge in [-0.3, -0.25) is 4.79 Å². The fourth-order valence-electron chi connectivity index (χ4n) is 2.75. The van der Waals surface area contributed by atoms with E-state index in [1.54, 1.807) is 6.92 Å². The van der Waals surface area contributed by atoms with Gasteiger partial charge < -0.3 is 9.53 Å². The molecule has 1 atom stereocenters. The van der Waals surface area contributed by atoms with Gasteiger partial charge in [0.1, 0.15) is 11.9 Å². The number of hydrogen-bond donors (Lipinski definition) is 0. The van der Waals surface area contributed by atoms with E-state index < -0.39 is 0 Å². The fourth-order valence-corrected chi connectivity index (χ4v) is 2.75. The Morgan fingerprint density at radius 1 is 0.773 bits per heavy atom. The second-order valence-corrected chi connectivity index (χ2v) is 6.44. The Morgan fingerprint density at radius 2 is 1.27 bits per heavy atom. The summed E-state index contributed by atoms with van der Waals surface area (Å²) in [4.78, 5) is 22.0. The van der Waals surface area contributed by atoms with Crippen molar-refractivity contribution in [2.24, 2.45) is 0 Å². The molecule has 3 heteroatoms. The number of rotatable bonds is 15. The SMILES string of the molecule is CCCCCCCC(CCCCCCCC(C)=O)OC(C)=O.